The summed E-state index contributed by atoms with van der Waals surface area (Å²) in [4.78, 5) is 19.2. The number of aromatic nitrogens is 1. The molecular weight excluding hydrogens is 278 g/mol. The second-order valence-corrected chi connectivity index (χ2v) is 5.82. The molecule has 0 bridgehead atoms. The molecule has 2 N–H and O–H groups in total. The summed E-state index contributed by atoms with van der Waals surface area (Å²) < 4.78 is 5.22. The number of carbonyl (C=O) groups is 1. The molecule has 1 amide bonds. The molecule has 0 radical (unpaired) electrons. The van der Waals surface area contributed by atoms with Crippen molar-refractivity contribution < 1.29 is 9.53 Å². The van der Waals surface area contributed by atoms with Crippen LogP contribution in [-0.4, -0.2) is 42.5 Å². The standard InChI is InChI=1S/C17H21N3O2/c1-11-15(17(21)20-6-5-12(9-18)10-20)7-13-3-4-14(22-2)8-16(13)19-11/h3-4,7-8,12H,5-6,9-10,18H2,1-2H3. The van der Waals surface area contributed by atoms with Gasteiger partial charge >= 0.3 is 0 Å². The molecule has 1 aliphatic heterocycles. The molecular formula is C17H21N3O2. The number of carbonyl (C=O) groups excluding carboxylic acids is 1. The van der Waals surface area contributed by atoms with Crippen molar-refractivity contribution in [3.63, 3.8) is 0 Å². The van der Waals surface area contributed by atoms with Crippen molar-refractivity contribution in [2.75, 3.05) is 26.7 Å². The molecule has 0 saturated carbocycles. The zero-order valence-corrected chi connectivity index (χ0v) is 13.0. The number of nitrogens with two attached hydrogens (primary N) is 1. The third-order valence-corrected chi connectivity index (χ3v) is 4.35. The van der Waals surface area contributed by atoms with Crippen LogP contribution in [0, 0.1) is 12.8 Å². The first kappa shape index (κ1) is 14.8. The zero-order valence-electron chi connectivity index (χ0n) is 13.0. The highest BCUT2D eigenvalue weighted by molar-refractivity contribution is 5.99. The van der Waals surface area contributed by atoms with Gasteiger partial charge in [0.25, 0.3) is 5.91 Å². The molecule has 1 saturated heterocycles. The second-order valence-electron chi connectivity index (χ2n) is 5.82. The predicted molar refractivity (Wildman–Crippen MR) is 86.1 cm³/mol. The second kappa shape index (κ2) is 5.93. The van der Waals surface area contributed by atoms with Crippen LogP contribution in [0.15, 0.2) is 24.3 Å². The van der Waals surface area contributed by atoms with Crippen LogP contribution in [0.25, 0.3) is 10.9 Å². The van der Waals surface area contributed by atoms with Gasteiger partial charge in [-0.2, -0.15) is 0 Å². The van der Waals surface area contributed by atoms with E-state index in [1.165, 1.54) is 0 Å². The van der Waals surface area contributed by atoms with E-state index in [2.05, 4.69) is 4.98 Å². The first-order valence-electron chi connectivity index (χ1n) is 7.57. The highest BCUT2D eigenvalue weighted by Gasteiger charge is 2.27. The molecule has 1 fully saturated rings. The van der Waals surface area contributed by atoms with Gasteiger partial charge in [-0.3, -0.25) is 9.78 Å². The molecule has 1 aromatic heterocycles. The molecule has 1 unspecified atom stereocenters. The summed E-state index contributed by atoms with van der Waals surface area (Å²) in [5.41, 5.74) is 7.97. The van der Waals surface area contributed by atoms with E-state index < -0.39 is 0 Å². The van der Waals surface area contributed by atoms with Gasteiger partial charge in [0, 0.05) is 24.5 Å². The van der Waals surface area contributed by atoms with Gasteiger partial charge in [0.1, 0.15) is 5.75 Å². The Balaban J connectivity index is 1.93. The number of rotatable bonds is 3. The monoisotopic (exact) mass is 299 g/mol. The molecule has 22 heavy (non-hydrogen) atoms. The maximum atomic E-state index is 12.7. The van der Waals surface area contributed by atoms with Crippen LogP contribution in [0.4, 0.5) is 0 Å². The fourth-order valence-corrected chi connectivity index (χ4v) is 2.97. The van der Waals surface area contributed by atoms with E-state index in [1.54, 1.807) is 7.11 Å². The minimum Gasteiger partial charge on any atom is -0.497 e. The van der Waals surface area contributed by atoms with Crippen LogP contribution in [0.5, 0.6) is 5.75 Å². The number of fused-ring (bicyclic) bond motifs is 1. The third kappa shape index (κ3) is 2.64. The van der Waals surface area contributed by atoms with E-state index in [9.17, 15) is 4.79 Å². The van der Waals surface area contributed by atoms with Gasteiger partial charge in [-0.05, 0) is 44.0 Å². The predicted octanol–water partition coefficient (Wildman–Crippen LogP) is 1.97. The number of amides is 1. The number of hydrogen-bond acceptors (Lipinski definition) is 4. The highest BCUT2D eigenvalue weighted by Crippen LogP contribution is 2.24. The molecule has 0 spiro atoms. The van der Waals surface area contributed by atoms with Crippen LogP contribution >= 0.6 is 0 Å². The number of hydrogen-bond donors (Lipinski definition) is 1. The Morgan fingerprint density at radius 1 is 1.45 bits per heavy atom. The van der Waals surface area contributed by atoms with E-state index in [0.717, 1.165) is 41.9 Å². The van der Waals surface area contributed by atoms with Crippen LogP contribution in [-0.2, 0) is 0 Å². The lowest BCUT2D eigenvalue weighted by Crippen LogP contribution is -2.30. The van der Waals surface area contributed by atoms with Crippen molar-refractivity contribution in [3.05, 3.63) is 35.5 Å². The van der Waals surface area contributed by atoms with Gasteiger partial charge in [0.15, 0.2) is 0 Å². The largest absolute Gasteiger partial charge is 0.497 e. The van der Waals surface area contributed by atoms with Crippen LogP contribution in [0.3, 0.4) is 0 Å². The van der Waals surface area contributed by atoms with Crippen molar-refractivity contribution >= 4 is 16.8 Å². The van der Waals surface area contributed by atoms with E-state index in [1.807, 2.05) is 36.1 Å². The van der Waals surface area contributed by atoms with Gasteiger partial charge in [-0.15, -0.1) is 0 Å². The summed E-state index contributed by atoms with van der Waals surface area (Å²) >= 11 is 0. The molecule has 2 aromatic rings. The Bertz CT molecular complexity index is 714. The van der Waals surface area contributed by atoms with Gasteiger partial charge in [-0.1, -0.05) is 0 Å². The van der Waals surface area contributed by atoms with E-state index in [4.69, 9.17) is 10.5 Å². The number of nitrogens with zero attached hydrogens (tertiary/aromatic N) is 2. The number of ether oxygens (including phenoxy) is 1. The Labute approximate surface area is 130 Å². The SMILES string of the molecule is COc1ccc2cc(C(=O)N3CCC(CN)C3)c(C)nc2c1. The van der Waals surface area contributed by atoms with Crippen LogP contribution < -0.4 is 10.5 Å². The van der Waals surface area contributed by atoms with Gasteiger partial charge in [-0.25, -0.2) is 0 Å². The van der Waals surface area contributed by atoms with Crippen molar-refractivity contribution in [2.45, 2.75) is 13.3 Å². The Morgan fingerprint density at radius 3 is 2.95 bits per heavy atom. The fourth-order valence-electron chi connectivity index (χ4n) is 2.97. The Morgan fingerprint density at radius 2 is 2.27 bits per heavy atom. The smallest absolute Gasteiger partial charge is 0.255 e. The number of pyridine rings is 1. The highest BCUT2D eigenvalue weighted by atomic mass is 16.5. The minimum absolute atomic E-state index is 0.0543. The van der Waals surface area contributed by atoms with Crippen LogP contribution in [0.1, 0.15) is 22.5 Å². The summed E-state index contributed by atoms with van der Waals surface area (Å²) in [6.45, 7) is 4.04. The van der Waals surface area contributed by atoms with Crippen molar-refractivity contribution in [1.82, 2.24) is 9.88 Å². The van der Waals surface area contributed by atoms with Gasteiger partial charge in [0.05, 0.1) is 23.9 Å². The Kier molecular flexibility index (Phi) is 3.98. The van der Waals surface area contributed by atoms with E-state index >= 15 is 0 Å². The van der Waals surface area contributed by atoms with Crippen LogP contribution in [0.2, 0.25) is 0 Å². The normalized spacial score (nSPS) is 18.0. The molecule has 0 aliphatic carbocycles. The fraction of sp³-hybridized carbons (Fsp3) is 0.412. The third-order valence-electron chi connectivity index (χ3n) is 4.35. The Hall–Kier alpha value is -2.14. The molecule has 5 heteroatoms. The number of aryl methyl sites for hydroxylation is 1. The van der Waals surface area contributed by atoms with Gasteiger partial charge < -0.3 is 15.4 Å². The van der Waals surface area contributed by atoms with E-state index in [-0.39, 0.29) is 5.91 Å². The zero-order chi connectivity index (χ0) is 15.7. The lowest BCUT2D eigenvalue weighted by Gasteiger charge is -2.18. The molecule has 1 aromatic carbocycles. The number of methoxy groups -OCH3 is 1. The molecule has 5 nitrogen and oxygen atoms in total. The molecule has 2 heterocycles. The average Bonchev–Trinajstić information content (AvgIpc) is 3.02. The summed E-state index contributed by atoms with van der Waals surface area (Å²) in [7, 11) is 1.63. The quantitative estimate of drug-likeness (QED) is 0.941. The van der Waals surface area contributed by atoms with E-state index in [0.29, 0.717) is 18.0 Å². The molecule has 116 valence electrons. The number of likely N-dealkylation sites (tertiary alicyclic amines) is 1. The van der Waals surface area contributed by atoms with Crippen molar-refractivity contribution in [1.29, 1.82) is 0 Å². The average molecular weight is 299 g/mol. The summed E-state index contributed by atoms with van der Waals surface area (Å²) in [5, 5.41) is 0.948. The molecule has 3 rings (SSSR count). The minimum atomic E-state index is 0.0543. The first-order valence-corrected chi connectivity index (χ1v) is 7.57. The first-order chi connectivity index (χ1) is 10.6. The maximum Gasteiger partial charge on any atom is 0.255 e. The summed E-state index contributed by atoms with van der Waals surface area (Å²) in [6.07, 6.45) is 0.986. The molecule has 1 atom stereocenters. The lowest BCUT2D eigenvalue weighted by atomic mass is 10.1. The van der Waals surface area contributed by atoms with Crippen molar-refractivity contribution in [2.24, 2.45) is 11.7 Å². The summed E-state index contributed by atoms with van der Waals surface area (Å²) in [6, 6.07) is 7.63. The van der Waals surface area contributed by atoms with Crippen molar-refractivity contribution in [3.8, 4) is 5.75 Å². The molecule has 1 aliphatic rings. The maximum absolute atomic E-state index is 12.7. The topological polar surface area (TPSA) is 68.5 Å². The van der Waals surface area contributed by atoms with Gasteiger partial charge in [0.2, 0.25) is 0 Å². The number of benzene rings is 1. The summed E-state index contributed by atoms with van der Waals surface area (Å²) in [5.74, 6) is 1.24. The lowest BCUT2D eigenvalue weighted by molar-refractivity contribution is 0.0786.